The standard InChI is InChI=1S/C25H26N4O5/c1-14(2)12-29-15(3)8-17(16(29)4)9-18(11-26)25(33)34-13-22(30)27-19-6-7-20-21(10-19)24(32)28(5)23(20)31/h6-10,14H,12-13H2,1-5H3,(H,27,30)/b18-9+. The van der Waals surface area contributed by atoms with Crippen LogP contribution < -0.4 is 5.32 Å². The molecule has 3 rings (SSSR count). The maximum atomic E-state index is 12.4. The Morgan fingerprint density at radius 2 is 1.82 bits per heavy atom. The summed E-state index contributed by atoms with van der Waals surface area (Å²) < 4.78 is 7.13. The van der Waals surface area contributed by atoms with Crippen LogP contribution in [0, 0.1) is 31.1 Å². The highest BCUT2D eigenvalue weighted by Crippen LogP contribution is 2.25. The number of ether oxygens (including phenoxy) is 1. The second-order valence-electron chi connectivity index (χ2n) is 8.55. The highest BCUT2D eigenvalue weighted by Gasteiger charge is 2.32. The number of anilines is 1. The zero-order chi connectivity index (χ0) is 25.2. The van der Waals surface area contributed by atoms with E-state index in [0.29, 0.717) is 5.92 Å². The van der Waals surface area contributed by atoms with Crippen LogP contribution in [-0.4, -0.2) is 46.8 Å². The number of carbonyl (C=O) groups is 4. The van der Waals surface area contributed by atoms with E-state index < -0.39 is 30.3 Å². The number of nitrogens with one attached hydrogen (secondary N) is 1. The van der Waals surface area contributed by atoms with Crippen molar-refractivity contribution in [3.8, 4) is 6.07 Å². The lowest BCUT2D eigenvalue weighted by atomic mass is 10.1. The van der Waals surface area contributed by atoms with E-state index in [2.05, 4.69) is 23.7 Å². The number of rotatable bonds is 7. The first-order valence-corrected chi connectivity index (χ1v) is 10.8. The third-order valence-corrected chi connectivity index (χ3v) is 5.51. The van der Waals surface area contributed by atoms with E-state index in [-0.39, 0.29) is 22.4 Å². The minimum Gasteiger partial charge on any atom is -0.451 e. The number of fused-ring (bicyclic) bond motifs is 1. The third kappa shape index (κ3) is 4.91. The first-order chi connectivity index (χ1) is 16.0. The zero-order valence-corrected chi connectivity index (χ0v) is 19.8. The van der Waals surface area contributed by atoms with E-state index >= 15 is 0 Å². The first-order valence-electron chi connectivity index (χ1n) is 10.8. The minimum atomic E-state index is -0.914. The van der Waals surface area contributed by atoms with Crippen molar-refractivity contribution in [2.75, 3.05) is 19.0 Å². The summed E-state index contributed by atoms with van der Waals surface area (Å²) in [4.78, 5) is 49.7. The molecule has 0 atom stereocenters. The van der Waals surface area contributed by atoms with Gasteiger partial charge in [-0.1, -0.05) is 13.8 Å². The molecule has 2 heterocycles. The average Bonchev–Trinajstić information content (AvgIpc) is 3.17. The summed E-state index contributed by atoms with van der Waals surface area (Å²) in [6.45, 7) is 8.29. The van der Waals surface area contributed by atoms with Crippen LogP contribution in [-0.2, 0) is 20.9 Å². The van der Waals surface area contributed by atoms with Gasteiger partial charge in [-0.25, -0.2) is 4.79 Å². The highest BCUT2D eigenvalue weighted by atomic mass is 16.5. The van der Waals surface area contributed by atoms with Crippen molar-refractivity contribution in [2.24, 2.45) is 5.92 Å². The number of aryl methyl sites for hydroxylation is 1. The predicted octanol–water partition coefficient (Wildman–Crippen LogP) is 3.08. The minimum absolute atomic E-state index is 0.187. The van der Waals surface area contributed by atoms with Gasteiger partial charge in [0.1, 0.15) is 11.6 Å². The van der Waals surface area contributed by atoms with E-state index in [1.807, 2.05) is 26.0 Å². The van der Waals surface area contributed by atoms with E-state index in [1.54, 1.807) is 0 Å². The van der Waals surface area contributed by atoms with Crippen LogP contribution in [0.5, 0.6) is 0 Å². The molecule has 0 spiro atoms. The van der Waals surface area contributed by atoms with Crippen molar-refractivity contribution in [3.05, 3.63) is 57.9 Å². The average molecular weight is 463 g/mol. The SMILES string of the molecule is Cc1cc(/C=C(\C#N)C(=O)OCC(=O)Nc2ccc3c(c2)C(=O)N(C)C3=O)c(C)n1CC(C)C. The largest absolute Gasteiger partial charge is 0.451 e. The van der Waals surface area contributed by atoms with Gasteiger partial charge in [-0.3, -0.25) is 19.3 Å². The first kappa shape index (κ1) is 24.5. The Labute approximate surface area is 197 Å². The quantitative estimate of drug-likeness (QED) is 0.292. The van der Waals surface area contributed by atoms with Crippen LogP contribution in [0.4, 0.5) is 5.69 Å². The smallest absolute Gasteiger partial charge is 0.349 e. The van der Waals surface area contributed by atoms with Gasteiger partial charge < -0.3 is 14.6 Å². The monoisotopic (exact) mass is 462 g/mol. The molecule has 1 aliphatic heterocycles. The summed E-state index contributed by atoms with van der Waals surface area (Å²) in [5.74, 6) is -1.99. The van der Waals surface area contributed by atoms with Crippen LogP contribution in [0.1, 0.15) is 51.5 Å². The highest BCUT2D eigenvalue weighted by molar-refractivity contribution is 6.21. The van der Waals surface area contributed by atoms with Crippen molar-refractivity contribution in [1.29, 1.82) is 5.26 Å². The lowest BCUT2D eigenvalue weighted by Crippen LogP contribution is -2.24. The topological polar surface area (TPSA) is 122 Å². The molecular weight excluding hydrogens is 436 g/mol. The van der Waals surface area contributed by atoms with Crippen LogP contribution in [0.2, 0.25) is 0 Å². The molecule has 3 amide bonds. The van der Waals surface area contributed by atoms with E-state index in [9.17, 15) is 24.4 Å². The molecule has 0 saturated carbocycles. The predicted molar refractivity (Wildman–Crippen MR) is 125 cm³/mol. The molecule has 9 nitrogen and oxygen atoms in total. The van der Waals surface area contributed by atoms with Gasteiger partial charge in [0.05, 0.1) is 11.1 Å². The van der Waals surface area contributed by atoms with Gasteiger partial charge in [0, 0.05) is 30.7 Å². The lowest BCUT2D eigenvalue weighted by Gasteiger charge is -2.12. The maximum absolute atomic E-state index is 12.4. The van der Waals surface area contributed by atoms with E-state index in [4.69, 9.17) is 4.74 Å². The maximum Gasteiger partial charge on any atom is 0.349 e. The summed E-state index contributed by atoms with van der Waals surface area (Å²) >= 11 is 0. The van der Waals surface area contributed by atoms with Crippen molar-refractivity contribution < 1.29 is 23.9 Å². The molecule has 0 bridgehead atoms. The summed E-state index contributed by atoms with van der Waals surface area (Å²) in [6.07, 6.45) is 1.46. The Morgan fingerprint density at radius 1 is 1.15 bits per heavy atom. The summed E-state index contributed by atoms with van der Waals surface area (Å²) in [5.41, 5.74) is 3.19. The molecule has 0 fully saturated rings. The van der Waals surface area contributed by atoms with Crippen LogP contribution in [0.3, 0.4) is 0 Å². The molecule has 1 aliphatic rings. The zero-order valence-electron chi connectivity index (χ0n) is 19.8. The molecule has 0 radical (unpaired) electrons. The second-order valence-corrected chi connectivity index (χ2v) is 8.55. The fourth-order valence-corrected chi connectivity index (χ4v) is 3.76. The van der Waals surface area contributed by atoms with Crippen molar-refractivity contribution in [3.63, 3.8) is 0 Å². The Balaban J connectivity index is 1.65. The number of imide groups is 1. The molecule has 9 heteroatoms. The summed E-state index contributed by atoms with van der Waals surface area (Å²) in [7, 11) is 1.38. The molecule has 1 aromatic heterocycles. The van der Waals surface area contributed by atoms with E-state index in [0.717, 1.165) is 28.4 Å². The van der Waals surface area contributed by atoms with Gasteiger partial charge in [0.25, 0.3) is 17.7 Å². The summed E-state index contributed by atoms with van der Waals surface area (Å²) in [5, 5.41) is 12.0. The Kier molecular flexibility index (Phi) is 7.01. The van der Waals surface area contributed by atoms with Crippen LogP contribution in [0.15, 0.2) is 29.8 Å². The van der Waals surface area contributed by atoms with Crippen LogP contribution in [0.25, 0.3) is 6.08 Å². The second kappa shape index (κ2) is 9.75. The number of nitrogens with zero attached hydrogens (tertiary/aromatic N) is 3. The normalized spacial score (nSPS) is 13.2. The number of amides is 3. The molecule has 34 heavy (non-hydrogen) atoms. The number of esters is 1. The van der Waals surface area contributed by atoms with Crippen molar-refractivity contribution in [2.45, 2.75) is 34.2 Å². The van der Waals surface area contributed by atoms with Gasteiger partial charge in [-0.15, -0.1) is 0 Å². The molecule has 2 aromatic rings. The van der Waals surface area contributed by atoms with Gasteiger partial charge in [-0.05, 0) is 55.7 Å². The molecule has 0 saturated heterocycles. The van der Waals surface area contributed by atoms with Crippen LogP contribution >= 0.6 is 0 Å². The molecule has 1 N–H and O–H groups in total. The number of hydrogen-bond acceptors (Lipinski definition) is 6. The fourth-order valence-electron chi connectivity index (χ4n) is 3.76. The van der Waals surface area contributed by atoms with Gasteiger partial charge in [0.2, 0.25) is 0 Å². The Morgan fingerprint density at radius 3 is 2.47 bits per heavy atom. The summed E-state index contributed by atoms with van der Waals surface area (Å²) in [6, 6.07) is 8.06. The molecule has 0 unspecified atom stereocenters. The number of nitriles is 1. The number of aromatic nitrogens is 1. The van der Waals surface area contributed by atoms with Crippen molar-refractivity contribution >= 4 is 35.5 Å². The fraction of sp³-hybridized carbons (Fsp3) is 0.320. The lowest BCUT2D eigenvalue weighted by molar-refractivity contribution is -0.142. The van der Waals surface area contributed by atoms with Gasteiger partial charge in [0.15, 0.2) is 6.61 Å². The Bertz CT molecular complexity index is 1260. The number of benzene rings is 1. The number of hydrogen-bond donors (Lipinski definition) is 1. The molecule has 176 valence electrons. The Hall–Kier alpha value is -4.19. The molecular formula is C25H26N4O5. The van der Waals surface area contributed by atoms with E-state index in [1.165, 1.54) is 31.3 Å². The van der Waals surface area contributed by atoms with Gasteiger partial charge in [-0.2, -0.15) is 5.26 Å². The molecule has 0 aliphatic carbocycles. The number of carbonyl (C=O) groups excluding carboxylic acids is 4. The molecule has 1 aromatic carbocycles. The van der Waals surface area contributed by atoms with Gasteiger partial charge >= 0.3 is 5.97 Å². The van der Waals surface area contributed by atoms with Crippen molar-refractivity contribution in [1.82, 2.24) is 9.47 Å². The third-order valence-electron chi connectivity index (χ3n) is 5.51.